The first kappa shape index (κ1) is 15.8. The molecule has 1 aromatic heterocycles. The summed E-state index contributed by atoms with van der Waals surface area (Å²) in [5.41, 5.74) is 5.66. The van der Waals surface area contributed by atoms with Gasteiger partial charge in [0.1, 0.15) is 11.4 Å². The van der Waals surface area contributed by atoms with Gasteiger partial charge in [0, 0.05) is 13.6 Å². The van der Waals surface area contributed by atoms with Gasteiger partial charge in [0.2, 0.25) is 10.0 Å². The molecule has 2 N–H and O–H groups in total. The lowest BCUT2D eigenvalue weighted by atomic mass is 10.5. The molecule has 110 valence electrons. The van der Waals surface area contributed by atoms with Crippen molar-refractivity contribution in [3.8, 4) is 0 Å². The van der Waals surface area contributed by atoms with Crippen LogP contribution in [0.2, 0.25) is 0 Å². The van der Waals surface area contributed by atoms with E-state index in [1.54, 1.807) is 0 Å². The van der Waals surface area contributed by atoms with E-state index in [1.807, 2.05) is 0 Å². The Bertz CT molecular complexity index is 565. The smallest absolute Gasteiger partial charge is 0.381 e. The third-order valence-corrected chi connectivity index (χ3v) is 4.70. The minimum atomic E-state index is -4.62. The zero-order valence-electron chi connectivity index (χ0n) is 10.7. The first-order valence-electron chi connectivity index (χ1n) is 5.36. The molecule has 19 heavy (non-hydrogen) atoms. The Morgan fingerprint density at radius 2 is 1.95 bits per heavy atom. The molecule has 0 amide bonds. The molecule has 6 nitrogen and oxygen atoms in total. The largest absolute Gasteiger partial charge is 0.402 e. The maximum absolute atomic E-state index is 12.4. The SMILES string of the molecule is CCN(CC(F)(F)F)S(=O)(=O)c1c(N)nn(C)c1C. The number of halogens is 3. The minimum absolute atomic E-state index is 0.193. The zero-order valence-corrected chi connectivity index (χ0v) is 11.5. The van der Waals surface area contributed by atoms with E-state index in [0.717, 1.165) is 0 Å². The number of nitrogens with two attached hydrogens (primary N) is 1. The normalized spacial score (nSPS) is 13.2. The maximum atomic E-state index is 12.4. The Balaban J connectivity index is 3.29. The Hall–Kier alpha value is -1.29. The molecule has 0 atom stereocenters. The molecule has 0 spiro atoms. The fourth-order valence-electron chi connectivity index (χ4n) is 1.63. The molecule has 1 rings (SSSR count). The van der Waals surface area contributed by atoms with Crippen LogP contribution in [0.5, 0.6) is 0 Å². The molecule has 0 aliphatic rings. The minimum Gasteiger partial charge on any atom is -0.381 e. The second kappa shape index (κ2) is 5.00. The van der Waals surface area contributed by atoms with Gasteiger partial charge in [0.15, 0.2) is 5.82 Å². The molecule has 0 aliphatic heterocycles. The summed E-state index contributed by atoms with van der Waals surface area (Å²) in [7, 11) is -2.86. The standard InChI is InChI=1S/C9H15F3N4O2S/c1-4-16(5-9(10,11)12)19(17,18)7-6(2)15(3)14-8(7)13/h4-5H2,1-3H3,(H2,13,14). The number of hydrogen-bond acceptors (Lipinski definition) is 4. The molecule has 0 saturated heterocycles. The number of alkyl halides is 3. The molecule has 0 bridgehead atoms. The number of nitrogen functional groups attached to an aromatic ring is 1. The second-order valence-corrected chi connectivity index (χ2v) is 5.84. The topological polar surface area (TPSA) is 81.2 Å². The van der Waals surface area contributed by atoms with Crippen molar-refractivity contribution >= 4 is 15.8 Å². The van der Waals surface area contributed by atoms with Gasteiger partial charge in [0.05, 0.1) is 5.69 Å². The van der Waals surface area contributed by atoms with E-state index in [-0.39, 0.29) is 23.0 Å². The number of rotatable bonds is 4. The van der Waals surface area contributed by atoms with Crippen LogP contribution in [-0.2, 0) is 17.1 Å². The molecule has 1 aromatic rings. The predicted molar refractivity (Wildman–Crippen MR) is 62.8 cm³/mol. The number of hydrogen-bond donors (Lipinski definition) is 1. The van der Waals surface area contributed by atoms with Crippen LogP contribution in [0, 0.1) is 6.92 Å². The van der Waals surface area contributed by atoms with Crippen LogP contribution in [0.3, 0.4) is 0 Å². The van der Waals surface area contributed by atoms with Crippen LogP contribution in [-0.4, -0.2) is 41.8 Å². The van der Waals surface area contributed by atoms with Gasteiger partial charge in [-0.1, -0.05) is 6.92 Å². The predicted octanol–water partition coefficient (Wildman–Crippen LogP) is 0.884. The quantitative estimate of drug-likeness (QED) is 0.895. The van der Waals surface area contributed by atoms with Crippen LogP contribution >= 0.6 is 0 Å². The number of nitrogens with zero attached hydrogens (tertiary/aromatic N) is 3. The van der Waals surface area contributed by atoms with Crippen molar-refractivity contribution in [3.63, 3.8) is 0 Å². The monoisotopic (exact) mass is 300 g/mol. The van der Waals surface area contributed by atoms with Crippen LogP contribution in [0.25, 0.3) is 0 Å². The highest BCUT2D eigenvalue weighted by atomic mass is 32.2. The van der Waals surface area contributed by atoms with Crippen LogP contribution in [0.4, 0.5) is 19.0 Å². The molecular weight excluding hydrogens is 285 g/mol. The van der Waals surface area contributed by atoms with Gasteiger partial charge in [-0.2, -0.15) is 22.6 Å². The fraction of sp³-hybridized carbons (Fsp3) is 0.667. The average Bonchev–Trinajstić information content (AvgIpc) is 2.48. The first-order chi connectivity index (χ1) is 8.50. The van der Waals surface area contributed by atoms with Crippen LogP contribution in [0.1, 0.15) is 12.6 Å². The van der Waals surface area contributed by atoms with E-state index >= 15 is 0 Å². The van der Waals surface area contributed by atoms with Gasteiger partial charge >= 0.3 is 6.18 Å². The van der Waals surface area contributed by atoms with Crippen molar-refractivity contribution in [1.29, 1.82) is 0 Å². The van der Waals surface area contributed by atoms with Crippen LogP contribution < -0.4 is 5.73 Å². The highest BCUT2D eigenvalue weighted by Crippen LogP contribution is 2.27. The Morgan fingerprint density at radius 3 is 2.26 bits per heavy atom. The molecule has 0 radical (unpaired) electrons. The average molecular weight is 300 g/mol. The van der Waals surface area contributed by atoms with Crippen molar-refractivity contribution in [2.45, 2.75) is 24.9 Å². The lowest BCUT2D eigenvalue weighted by Crippen LogP contribution is -2.39. The third-order valence-electron chi connectivity index (χ3n) is 2.61. The van der Waals surface area contributed by atoms with Crippen molar-refractivity contribution in [1.82, 2.24) is 14.1 Å². The van der Waals surface area contributed by atoms with Gasteiger partial charge in [-0.15, -0.1) is 0 Å². The molecule has 0 fully saturated rings. The Morgan fingerprint density at radius 1 is 1.42 bits per heavy atom. The summed E-state index contributed by atoms with van der Waals surface area (Å²) in [6, 6.07) is 0. The molecular formula is C9H15F3N4O2S. The van der Waals surface area contributed by atoms with Gasteiger partial charge in [-0.3, -0.25) is 4.68 Å². The zero-order chi connectivity index (χ0) is 15.0. The Kier molecular flexibility index (Phi) is 4.15. The van der Waals surface area contributed by atoms with E-state index in [1.165, 1.54) is 25.6 Å². The molecule has 0 unspecified atom stereocenters. The van der Waals surface area contributed by atoms with Crippen LogP contribution in [0.15, 0.2) is 4.90 Å². The fourth-order valence-corrected chi connectivity index (χ4v) is 3.35. The van der Waals surface area contributed by atoms with Gasteiger partial charge in [-0.25, -0.2) is 8.42 Å². The van der Waals surface area contributed by atoms with Crippen molar-refractivity contribution in [2.24, 2.45) is 7.05 Å². The van der Waals surface area contributed by atoms with Crippen molar-refractivity contribution in [3.05, 3.63) is 5.69 Å². The third kappa shape index (κ3) is 3.18. The maximum Gasteiger partial charge on any atom is 0.402 e. The van der Waals surface area contributed by atoms with Crippen molar-refractivity contribution in [2.75, 3.05) is 18.8 Å². The van der Waals surface area contributed by atoms with E-state index in [0.29, 0.717) is 4.31 Å². The lowest BCUT2D eigenvalue weighted by molar-refractivity contribution is -0.135. The summed E-state index contributed by atoms with van der Waals surface area (Å²) in [5, 5.41) is 3.70. The van der Waals surface area contributed by atoms with Gasteiger partial charge in [0.25, 0.3) is 0 Å². The summed E-state index contributed by atoms with van der Waals surface area (Å²) in [6.45, 7) is 0.887. The first-order valence-corrected chi connectivity index (χ1v) is 6.80. The van der Waals surface area contributed by atoms with E-state index in [4.69, 9.17) is 5.73 Å². The molecule has 0 saturated carbocycles. The van der Waals surface area contributed by atoms with E-state index in [2.05, 4.69) is 5.10 Å². The highest BCUT2D eigenvalue weighted by Gasteiger charge is 2.38. The lowest BCUT2D eigenvalue weighted by Gasteiger charge is -2.21. The summed E-state index contributed by atoms with van der Waals surface area (Å²) in [6.07, 6.45) is -4.62. The second-order valence-electron chi connectivity index (χ2n) is 3.97. The van der Waals surface area contributed by atoms with E-state index in [9.17, 15) is 21.6 Å². The van der Waals surface area contributed by atoms with Crippen molar-refractivity contribution < 1.29 is 21.6 Å². The number of aryl methyl sites for hydroxylation is 1. The Labute approximate surface area is 109 Å². The summed E-state index contributed by atoms with van der Waals surface area (Å²) >= 11 is 0. The van der Waals surface area contributed by atoms with Gasteiger partial charge < -0.3 is 5.73 Å². The van der Waals surface area contributed by atoms with E-state index < -0.39 is 22.7 Å². The number of sulfonamides is 1. The van der Waals surface area contributed by atoms with Gasteiger partial charge in [-0.05, 0) is 6.92 Å². The number of aromatic nitrogens is 2. The summed E-state index contributed by atoms with van der Waals surface area (Å²) < 4.78 is 63.1. The molecule has 1 heterocycles. The molecule has 10 heteroatoms. The molecule has 0 aromatic carbocycles. The number of anilines is 1. The summed E-state index contributed by atoms with van der Waals surface area (Å²) in [5.74, 6) is -0.305. The molecule has 0 aliphatic carbocycles. The highest BCUT2D eigenvalue weighted by molar-refractivity contribution is 7.89. The summed E-state index contributed by atoms with van der Waals surface area (Å²) in [4.78, 5) is -0.374.